The summed E-state index contributed by atoms with van der Waals surface area (Å²) in [6, 6.07) is 12.4. The molecule has 0 unspecified atom stereocenters. The third kappa shape index (κ3) is 3.09. The van der Waals surface area contributed by atoms with Crippen molar-refractivity contribution in [2.75, 3.05) is 6.61 Å². The van der Waals surface area contributed by atoms with E-state index < -0.39 is 11.6 Å². The molecule has 4 nitrogen and oxygen atoms in total. The van der Waals surface area contributed by atoms with E-state index in [9.17, 15) is 9.90 Å². The molecule has 0 amide bonds. The zero-order valence-corrected chi connectivity index (χ0v) is 14.5. The van der Waals surface area contributed by atoms with Crippen molar-refractivity contribution in [1.82, 2.24) is 0 Å². The van der Waals surface area contributed by atoms with Crippen LogP contribution in [-0.4, -0.2) is 23.3 Å². The first-order valence-corrected chi connectivity index (χ1v) is 8.76. The maximum Gasteiger partial charge on any atom is 0.347 e. The topological polar surface area (TPSA) is 55.8 Å². The van der Waals surface area contributed by atoms with E-state index >= 15 is 0 Å². The number of aliphatic carboxylic acids is 1. The lowest BCUT2D eigenvalue weighted by molar-refractivity contribution is -0.152. The maximum absolute atomic E-state index is 11.5. The van der Waals surface area contributed by atoms with Crippen LogP contribution >= 0.6 is 0 Å². The van der Waals surface area contributed by atoms with Gasteiger partial charge < -0.3 is 14.6 Å². The lowest BCUT2D eigenvalue weighted by Gasteiger charge is -2.24. The van der Waals surface area contributed by atoms with E-state index in [1.807, 2.05) is 6.07 Å². The van der Waals surface area contributed by atoms with Crippen molar-refractivity contribution < 1.29 is 19.4 Å². The zero-order chi connectivity index (χ0) is 17.6. The fourth-order valence-electron chi connectivity index (χ4n) is 3.21. The van der Waals surface area contributed by atoms with Gasteiger partial charge in [-0.25, -0.2) is 4.79 Å². The summed E-state index contributed by atoms with van der Waals surface area (Å²) < 4.78 is 11.6. The van der Waals surface area contributed by atoms with E-state index in [2.05, 4.69) is 30.3 Å². The second-order valence-electron chi connectivity index (χ2n) is 7.37. The summed E-state index contributed by atoms with van der Waals surface area (Å²) in [7, 11) is 0. The van der Waals surface area contributed by atoms with Gasteiger partial charge in [-0.05, 0) is 55.4 Å². The van der Waals surface area contributed by atoms with E-state index in [0.717, 1.165) is 28.9 Å². The van der Waals surface area contributed by atoms with Gasteiger partial charge in [-0.1, -0.05) is 24.3 Å². The number of carboxylic acids is 1. The van der Waals surface area contributed by atoms with Crippen molar-refractivity contribution in [1.29, 1.82) is 0 Å². The van der Waals surface area contributed by atoms with Crippen LogP contribution in [0.25, 0.3) is 11.1 Å². The summed E-state index contributed by atoms with van der Waals surface area (Å²) in [4.78, 5) is 11.5. The summed E-state index contributed by atoms with van der Waals surface area (Å²) in [6.07, 6.45) is 3.36. The number of carbonyl (C=O) groups is 1. The molecule has 0 saturated heterocycles. The molecule has 2 aromatic rings. The predicted octanol–water partition coefficient (Wildman–Crippen LogP) is 4.41. The second kappa shape index (κ2) is 5.80. The zero-order valence-electron chi connectivity index (χ0n) is 14.5. The molecule has 1 fully saturated rings. The van der Waals surface area contributed by atoms with Crippen molar-refractivity contribution in [3.8, 4) is 22.6 Å². The highest BCUT2D eigenvalue weighted by atomic mass is 16.5. The van der Waals surface area contributed by atoms with Gasteiger partial charge in [0.2, 0.25) is 0 Å². The molecule has 0 bridgehead atoms. The van der Waals surface area contributed by atoms with E-state index in [-0.39, 0.29) is 0 Å². The van der Waals surface area contributed by atoms with Gasteiger partial charge in [-0.15, -0.1) is 0 Å². The Morgan fingerprint density at radius 3 is 2.76 bits per heavy atom. The molecule has 25 heavy (non-hydrogen) atoms. The van der Waals surface area contributed by atoms with Crippen LogP contribution in [0, 0.1) is 0 Å². The van der Waals surface area contributed by atoms with Gasteiger partial charge in [-0.3, -0.25) is 0 Å². The Hall–Kier alpha value is -2.49. The highest BCUT2D eigenvalue weighted by molar-refractivity contribution is 5.79. The first-order valence-electron chi connectivity index (χ1n) is 8.76. The molecule has 4 heteroatoms. The maximum atomic E-state index is 11.5. The van der Waals surface area contributed by atoms with E-state index in [1.54, 1.807) is 13.8 Å². The summed E-state index contributed by atoms with van der Waals surface area (Å²) in [5.74, 6) is 1.02. The van der Waals surface area contributed by atoms with Crippen molar-refractivity contribution >= 4 is 5.97 Å². The summed E-state index contributed by atoms with van der Waals surface area (Å²) in [5, 5.41) is 9.43. The van der Waals surface area contributed by atoms with Crippen LogP contribution in [0.2, 0.25) is 0 Å². The number of ether oxygens (including phenoxy) is 2. The fourth-order valence-corrected chi connectivity index (χ4v) is 3.21. The number of hydrogen-bond donors (Lipinski definition) is 1. The summed E-state index contributed by atoms with van der Waals surface area (Å²) in [6.45, 7) is 3.78. The Balaban J connectivity index is 1.80. The normalized spacial score (nSPS) is 16.2. The molecule has 1 heterocycles. The number of fused-ring (bicyclic) bond motifs is 1. The molecule has 2 aromatic carbocycles. The molecule has 130 valence electrons. The molecule has 4 rings (SSSR count). The van der Waals surface area contributed by atoms with Gasteiger partial charge in [0.05, 0.1) is 6.61 Å². The lowest BCUT2D eigenvalue weighted by Crippen LogP contribution is -2.38. The van der Waals surface area contributed by atoms with Crippen LogP contribution in [0.1, 0.15) is 43.7 Å². The second-order valence-corrected chi connectivity index (χ2v) is 7.37. The minimum atomic E-state index is -1.31. The molecule has 0 atom stereocenters. The van der Waals surface area contributed by atoms with Crippen LogP contribution in [0.15, 0.2) is 36.4 Å². The van der Waals surface area contributed by atoms with Crippen molar-refractivity contribution in [2.45, 2.75) is 44.6 Å². The van der Waals surface area contributed by atoms with Gasteiger partial charge in [0, 0.05) is 18.1 Å². The van der Waals surface area contributed by atoms with Crippen LogP contribution in [0.5, 0.6) is 11.5 Å². The quantitative estimate of drug-likeness (QED) is 0.877. The molecule has 0 aromatic heterocycles. The van der Waals surface area contributed by atoms with Gasteiger partial charge in [0.1, 0.15) is 11.5 Å². The molecule has 0 radical (unpaired) electrons. The lowest BCUT2D eigenvalue weighted by atomic mass is 9.97. The molecule has 1 aliphatic carbocycles. The number of carboxylic acid groups (broad SMARTS) is 1. The molecule has 2 aliphatic rings. The monoisotopic (exact) mass is 338 g/mol. The number of rotatable bonds is 5. The third-order valence-electron chi connectivity index (χ3n) is 4.92. The van der Waals surface area contributed by atoms with E-state index in [1.165, 1.54) is 18.4 Å². The minimum absolute atomic E-state index is 0.556. The largest absolute Gasteiger partial charge is 0.493 e. The molecule has 0 spiro atoms. The van der Waals surface area contributed by atoms with Crippen molar-refractivity contribution in [3.63, 3.8) is 0 Å². The van der Waals surface area contributed by atoms with Crippen LogP contribution in [0.4, 0.5) is 0 Å². The Morgan fingerprint density at radius 1 is 1.24 bits per heavy atom. The standard InChI is InChI=1S/C21H22O4/c1-21(2,20(22)23)25-19-12-18-16(8-9-24-18)11-17(19)15-5-3-4-14(10-15)13-6-7-13/h3-5,10-13H,6-9H2,1-2H3,(H,22,23). The SMILES string of the molecule is CC(C)(Oc1cc2c(cc1-c1cccc(C3CC3)c1)CCO2)C(=O)O. The Labute approximate surface area is 147 Å². The van der Waals surface area contributed by atoms with Crippen molar-refractivity contribution in [3.05, 3.63) is 47.5 Å². The van der Waals surface area contributed by atoms with Crippen LogP contribution < -0.4 is 9.47 Å². The Morgan fingerprint density at radius 2 is 2.04 bits per heavy atom. The summed E-state index contributed by atoms with van der Waals surface area (Å²) in [5.41, 5.74) is 3.18. The van der Waals surface area contributed by atoms with Gasteiger partial charge in [0.25, 0.3) is 0 Å². The smallest absolute Gasteiger partial charge is 0.347 e. The first-order chi connectivity index (χ1) is 11.9. The highest BCUT2D eigenvalue weighted by Crippen LogP contribution is 2.44. The predicted molar refractivity (Wildman–Crippen MR) is 95.4 cm³/mol. The average molecular weight is 338 g/mol. The van der Waals surface area contributed by atoms with Crippen LogP contribution in [0.3, 0.4) is 0 Å². The summed E-state index contributed by atoms with van der Waals surface area (Å²) >= 11 is 0. The van der Waals surface area contributed by atoms with Gasteiger partial charge >= 0.3 is 5.97 Å². The highest BCUT2D eigenvalue weighted by Gasteiger charge is 2.31. The van der Waals surface area contributed by atoms with Crippen molar-refractivity contribution in [2.24, 2.45) is 0 Å². The van der Waals surface area contributed by atoms with Gasteiger partial charge in [0.15, 0.2) is 5.60 Å². The van der Waals surface area contributed by atoms with E-state index in [4.69, 9.17) is 9.47 Å². The Kier molecular flexibility index (Phi) is 3.71. The number of benzene rings is 2. The minimum Gasteiger partial charge on any atom is -0.493 e. The first kappa shape index (κ1) is 16.0. The van der Waals surface area contributed by atoms with Crippen LogP contribution in [-0.2, 0) is 11.2 Å². The Bertz CT molecular complexity index is 834. The average Bonchev–Trinajstić information content (AvgIpc) is 3.33. The molecule has 1 aliphatic heterocycles. The third-order valence-corrected chi connectivity index (χ3v) is 4.92. The van der Waals surface area contributed by atoms with E-state index in [0.29, 0.717) is 18.3 Å². The molecular formula is C21H22O4. The molecular weight excluding hydrogens is 316 g/mol. The number of hydrogen-bond acceptors (Lipinski definition) is 3. The molecule has 1 saturated carbocycles. The molecule has 1 N–H and O–H groups in total. The van der Waals surface area contributed by atoms with Gasteiger partial charge in [-0.2, -0.15) is 0 Å². The fraction of sp³-hybridized carbons (Fsp3) is 0.381.